The second kappa shape index (κ2) is 5.11. The van der Waals surface area contributed by atoms with E-state index in [0.29, 0.717) is 13.1 Å². The van der Waals surface area contributed by atoms with Crippen LogP contribution in [0.5, 0.6) is 0 Å². The van der Waals surface area contributed by atoms with E-state index in [4.69, 9.17) is 5.11 Å². The van der Waals surface area contributed by atoms with Gasteiger partial charge in [0.2, 0.25) is 0 Å². The number of nitrogens with one attached hydrogen (secondary N) is 1. The van der Waals surface area contributed by atoms with Gasteiger partial charge < -0.3 is 10.4 Å². The minimum absolute atomic E-state index is 0.274. The van der Waals surface area contributed by atoms with Crippen LogP contribution in [0.15, 0.2) is 36.7 Å². The Morgan fingerprint density at radius 1 is 1.47 bits per heavy atom. The molecule has 88 valence electrons. The molecule has 0 aliphatic rings. The maximum Gasteiger partial charge on any atom is 0.335 e. The highest BCUT2D eigenvalue weighted by Gasteiger charge is 2.02. The van der Waals surface area contributed by atoms with E-state index in [2.05, 4.69) is 15.6 Å². The third-order valence-electron chi connectivity index (χ3n) is 2.25. The summed E-state index contributed by atoms with van der Waals surface area (Å²) in [6.45, 7) is 1.34. The summed E-state index contributed by atoms with van der Waals surface area (Å²) in [4.78, 5) is 10.8. The molecule has 0 fully saturated rings. The van der Waals surface area contributed by atoms with E-state index in [1.54, 1.807) is 35.3 Å². The van der Waals surface area contributed by atoms with Crippen LogP contribution in [0, 0.1) is 0 Å². The molecule has 0 radical (unpaired) electrons. The van der Waals surface area contributed by atoms with Gasteiger partial charge in [0.1, 0.15) is 0 Å². The highest BCUT2D eigenvalue weighted by molar-refractivity contribution is 5.88. The normalized spacial score (nSPS) is 10.1. The van der Waals surface area contributed by atoms with Gasteiger partial charge in [0, 0.05) is 18.4 Å². The van der Waals surface area contributed by atoms with Crippen molar-refractivity contribution in [2.45, 2.75) is 6.54 Å². The SMILES string of the molecule is O=C(O)c1cccc(NCCn2ccnn2)c1. The quantitative estimate of drug-likeness (QED) is 0.806. The van der Waals surface area contributed by atoms with E-state index in [1.807, 2.05) is 6.07 Å². The number of carbonyl (C=O) groups is 1. The average molecular weight is 232 g/mol. The maximum absolute atomic E-state index is 10.8. The summed E-state index contributed by atoms with van der Waals surface area (Å²) in [7, 11) is 0. The molecular weight excluding hydrogens is 220 g/mol. The fourth-order valence-corrected chi connectivity index (χ4v) is 1.43. The fraction of sp³-hybridized carbons (Fsp3) is 0.182. The number of nitrogens with zero attached hydrogens (tertiary/aromatic N) is 3. The van der Waals surface area contributed by atoms with Gasteiger partial charge in [0.05, 0.1) is 18.3 Å². The Bertz CT molecular complexity index is 496. The van der Waals surface area contributed by atoms with Crippen LogP contribution < -0.4 is 5.32 Å². The lowest BCUT2D eigenvalue weighted by molar-refractivity contribution is 0.0697. The third-order valence-corrected chi connectivity index (χ3v) is 2.25. The highest BCUT2D eigenvalue weighted by Crippen LogP contribution is 2.10. The lowest BCUT2D eigenvalue weighted by Gasteiger charge is -2.06. The first-order valence-corrected chi connectivity index (χ1v) is 5.17. The summed E-state index contributed by atoms with van der Waals surface area (Å²) < 4.78 is 1.70. The molecule has 0 spiro atoms. The number of carboxylic acid groups (broad SMARTS) is 1. The predicted molar refractivity (Wildman–Crippen MR) is 61.9 cm³/mol. The maximum atomic E-state index is 10.8. The molecule has 1 aromatic heterocycles. The van der Waals surface area contributed by atoms with Crippen LogP contribution in [-0.4, -0.2) is 32.6 Å². The standard InChI is InChI=1S/C11H12N4O2/c16-11(17)9-2-1-3-10(8-9)12-4-6-15-7-5-13-14-15/h1-3,5,7-8,12H,4,6H2,(H,16,17). The van der Waals surface area contributed by atoms with E-state index >= 15 is 0 Å². The van der Waals surface area contributed by atoms with Gasteiger partial charge in [-0.1, -0.05) is 11.3 Å². The van der Waals surface area contributed by atoms with E-state index in [0.717, 1.165) is 5.69 Å². The Hall–Kier alpha value is -2.37. The van der Waals surface area contributed by atoms with Crippen molar-refractivity contribution in [3.8, 4) is 0 Å². The summed E-state index contributed by atoms with van der Waals surface area (Å²) in [5.74, 6) is -0.926. The van der Waals surface area contributed by atoms with Crippen molar-refractivity contribution in [1.29, 1.82) is 0 Å². The molecule has 1 aromatic carbocycles. The van der Waals surface area contributed by atoms with E-state index < -0.39 is 5.97 Å². The molecule has 17 heavy (non-hydrogen) atoms. The molecule has 2 rings (SSSR count). The molecule has 0 atom stereocenters. The molecule has 0 bridgehead atoms. The Labute approximate surface area is 97.9 Å². The number of hydrogen-bond acceptors (Lipinski definition) is 4. The first-order valence-electron chi connectivity index (χ1n) is 5.17. The number of rotatable bonds is 5. The molecule has 0 saturated carbocycles. The van der Waals surface area contributed by atoms with Crippen molar-refractivity contribution in [2.75, 3.05) is 11.9 Å². The molecule has 0 unspecified atom stereocenters. The van der Waals surface area contributed by atoms with Gasteiger partial charge in [-0.2, -0.15) is 0 Å². The van der Waals surface area contributed by atoms with Crippen molar-refractivity contribution in [2.24, 2.45) is 0 Å². The zero-order valence-electron chi connectivity index (χ0n) is 9.08. The second-order valence-corrected chi connectivity index (χ2v) is 3.48. The minimum Gasteiger partial charge on any atom is -0.478 e. The summed E-state index contributed by atoms with van der Waals surface area (Å²) in [6.07, 6.45) is 3.39. The summed E-state index contributed by atoms with van der Waals surface area (Å²) >= 11 is 0. The van der Waals surface area contributed by atoms with Crippen LogP contribution >= 0.6 is 0 Å². The van der Waals surface area contributed by atoms with Crippen LogP contribution in [0.4, 0.5) is 5.69 Å². The summed E-state index contributed by atoms with van der Waals surface area (Å²) in [5, 5.41) is 19.5. The lowest BCUT2D eigenvalue weighted by atomic mass is 10.2. The first kappa shape index (κ1) is 11.1. The van der Waals surface area contributed by atoms with Gasteiger partial charge >= 0.3 is 5.97 Å². The molecule has 0 amide bonds. The monoisotopic (exact) mass is 232 g/mol. The van der Waals surface area contributed by atoms with Gasteiger partial charge in [-0.15, -0.1) is 5.10 Å². The Morgan fingerprint density at radius 2 is 2.35 bits per heavy atom. The molecule has 6 heteroatoms. The molecule has 2 aromatic rings. The van der Waals surface area contributed by atoms with Crippen molar-refractivity contribution >= 4 is 11.7 Å². The molecule has 0 saturated heterocycles. The van der Waals surface area contributed by atoms with Gasteiger partial charge in [-0.3, -0.25) is 4.68 Å². The first-order chi connectivity index (χ1) is 8.25. The van der Waals surface area contributed by atoms with Crippen LogP contribution in [0.1, 0.15) is 10.4 Å². The topological polar surface area (TPSA) is 80.0 Å². The van der Waals surface area contributed by atoms with Crippen LogP contribution in [-0.2, 0) is 6.54 Å². The number of benzene rings is 1. The van der Waals surface area contributed by atoms with Gasteiger partial charge in [-0.05, 0) is 18.2 Å². The largest absolute Gasteiger partial charge is 0.478 e. The number of aromatic nitrogens is 3. The van der Waals surface area contributed by atoms with Crippen molar-refractivity contribution in [1.82, 2.24) is 15.0 Å². The number of aromatic carboxylic acids is 1. The van der Waals surface area contributed by atoms with E-state index in [1.165, 1.54) is 0 Å². The summed E-state index contributed by atoms with van der Waals surface area (Å²) in [6, 6.07) is 6.70. The molecule has 2 N–H and O–H groups in total. The fourth-order valence-electron chi connectivity index (χ4n) is 1.43. The summed E-state index contributed by atoms with van der Waals surface area (Å²) in [5.41, 5.74) is 1.06. The van der Waals surface area contributed by atoms with E-state index in [-0.39, 0.29) is 5.56 Å². The molecule has 0 aliphatic heterocycles. The van der Waals surface area contributed by atoms with Crippen LogP contribution in [0.2, 0.25) is 0 Å². The number of anilines is 1. The Kier molecular flexibility index (Phi) is 3.34. The minimum atomic E-state index is -0.926. The van der Waals surface area contributed by atoms with Crippen molar-refractivity contribution in [3.63, 3.8) is 0 Å². The predicted octanol–water partition coefficient (Wildman–Crippen LogP) is 1.09. The van der Waals surface area contributed by atoms with Crippen LogP contribution in [0.3, 0.4) is 0 Å². The molecule has 0 aliphatic carbocycles. The number of hydrogen-bond donors (Lipinski definition) is 2. The zero-order valence-corrected chi connectivity index (χ0v) is 9.08. The van der Waals surface area contributed by atoms with E-state index in [9.17, 15) is 4.79 Å². The highest BCUT2D eigenvalue weighted by atomic mass is 16.4. The zero-order chi connectivity index (χ0) is 12.1. The molecular formula is C11H12N4O2. The second-order valence-electron chi connectivity index (χ2n) is 3.48. The van der Waals surface area contributed by atoms with Gasteiger partial charge in [-0.25, -0.2) is 4.79 Å². The average Bonchev–Trinajstić information content (AvgIpc) is 2.82. The molecule has 1 heterocycles. The smallest absolute Gasteiger partial charge is 0.335 e. The Morgan fingerprint density at radius 3 is 3.06 bits per heavy atom. The van der Waals surface area contributed by atoms with Crippen molar-refractivity contribution < 1.29 is 9.90 Å². The number of carboxylic acids is 1. The van der Waals surface area contributed by atoms with Crippen molar-refractivity contribution in [3.05, 3.63) is 42.2 Å². The molecule has 6 nitrogen and oxygen atoms in total. The third kappa shape index (κ3) is 3.04. The van der Waals surface area contributed by atoms with Gasteiger partial charge in [0.25, 0.3) is 0 Å². The Balaban J connectivity index is 1.90. The van der Waals surface area contributed by atoms with Crippen LogP contribution in [0.25, 0.3) is 0 Å². The lowest BCUT2D eigenvalue weighted by Crippen LogP contribution is -2.11. The van der Waals surface area contributed by atoms with Gasteiger partial charge in [0.15, 0.2) is 0 Å².